The monoisotopic (exact) mass is 365 g/mol. The summed E-state index contributed by atoms with van der Waals surface area (Å²) in [5, 5.41) is 14.4. The number of carbonyl (C=O) groups is 2. The lowest BCUT2D eigenvalue weighted by Gasteiger charge is -2.12. The molecule has 124 valence electrons. The van der Waals surface area contributed by atoms with E-state index in [9.17, 15) is 9.59 Å². The SMILES string of the molecule is CN(N=Cc1ccc(C(=O)NO)cc1)C(=O)c1ccc(Cl)cc1Cl. The van der Waals surface area contributed by atoms with Gasteiger partial charge in [-0.05, 0) is 35.9 Å². The van der Waals surface area contributed by atoms with Gasteiger partial charge in [0.05, 0.1) is 16.8 Å². The van der Waals surface area contributed by atoms with Gasteiger partial charge in [-0.15, -0.1) is 0 Å². The van der Waals surface area contributed by atoms with Crippen LogP contribution in [0.2, 0.25) is 10.0 Å². The smallest absolute Gasteiger partial charge is 0.275 e. The Bertz CT molecular complexity index is 792. The quantitative estimate of drug-likeness (QED) is 0.495. The zero-order valence-corrected chi connectivity index (χ0v) is 14.0. The molecule has 0 aliphatic carbocycles. The molecule has 2 amide bonds. The third-order valence-corrected chi connectivity index (χ3v) is 3.66. The number of hydroxylamine groups is 1. The van der Waals surface area contributed by atoms with Gasteiger partial charge in [0.15, 0.2) is 0 Å². The lowest BCUT2D eigenvalue weighted by Crippen LogP contribution is -2.21. The number of hydrogen-bond donors (Lipinski definition) is 2. The largest absolute Gasteiger partial charge is 0.288 e. The number of benzene rings is 2. The maximum absolute atomic E-state index is 12.3. The molecule has 2 aromatic carbocycles. The van der Waals surface area contributed by atoms with Crippen LogP contribution in [0.5, 0.6) is 0 Å². The van der Waals surface area contributed by atoms with Gasteiger partial charge in [-0.25, -0.2) is 10.5 Å². The highest BCUT2D eigenvalue weighted by Crippen LogP contribution is 2.22. The van der Waals surface area contributed by atoms with Crippen LogP contribution in [0.1, 0.15) is 26.3 Å². The third kappa shape index (κ3) is 4.32. The Morgan fingerprint density at radius 1 is 1.17 bits per heavy atom. The molecule has 6 nitrogen and oxygen atoms in total. The van der Waals surface area contributed by atoms with Crippen LogP contribution in [0.4, 0.5) is 0 Å². The summed E-state index contributed by atoms with van der Waals surface area (Å²) in [6, 6.07) is 10.9. The molecule has 2 N–H and O–H groups in total. The molecule has 0 aliphatic heterocycles. The Balaban J connectivity index is 2.10. The number of nitrogens with one attached hydrogen (secondary N) is 1. The van der Waals surface area contributed by atoms with Crippen LogP contribution in [0.15, 0.2) is 47.6 Å². The minimum Gasteiger partial charge on any atom is -0.288 e. The minimum absolute atomic E-state index is 0.244. The van der Waals surface area contributed by atoms with Gasteiger partial charge in [-0.3, -0.25) is 14.8 Å². The van der Waals surface area contributed by atoms with Crippen molar-refractivity contribution in [3.63, 3.8) is 0 Å². The molecule has 0 radical (unpaired) electrons. The summed E-state index contributed by atoms with van der Waals surface area (Å²) in [7, 11) is 1.50. The Kier molecular flexibility index (Phi) is 5.92. The van der Waals surface area contributed by atoms with Gasteiger partial charge in [-0.2, -0.15) is 5.10 Å². The summed E-state index contributed by atoms with van der Waals surface area (Å²) in [4.78, 5) is 23.5. The van der Waals surface area contributed by atoms with E-state index in [4.69, 9.17) is 28.4 Å². The van der Waals surface area contributed by atoms with Crippen molar-refractivity contribution >= 4 is 41.2 Å². The number of amides is 2. The standard InChI is InChI=1S/C16H13Cl2N3O3/c1-21(16(23)13-7-6-12(17)8-14(13)18)19-9-10-2-4-11(5-3-10)15(22)20-24/h2-9,24H,1H3,(H,20,22). The normalized spacial score (nSPS) is 10.7. The summed E-state index contributed by atoms with van der Waals surface area (Å²) >= 11 is 11.8. The summed E-state index contributed by atoms with van der Waals surface area (Å²) < 4.78 is 0. The number of nitrogens with zero attached hydrogens (tertiary/aromatic N) is 2. The van der Waals surface area contributed by atoms with Crippen LogP contribution in [-0.4, -0.2) is 35.3 Å². The molecule has 0 saturated heterocycles. The Morgan fingerprint density at radius 2 is 1.83 bits per heavy atom. The van der Waals surface area contributed by atoms with Crippen LogP contribution in [0, 0.1) is 0 Å². The fourth-order valence-electron chi connectivity index (χ4n) is 1.83. The molecule has 0 bridgehead atoms. The average Bonchev–Trinajstić information content (AvgIpc) is 2.59. The zero-order chi connectivity index (χ0) is 17.7. The van der Waals surface area contributed by atoms with Gasteiger partial charge in [0.25, 0.3) is 11.8 Å². The lowest BCUT2D eigenvalue weighted by molar-refractivity contribution is 0.0706. The van der Waals surface area contributed by atoms with Crippen molar-refractivity contribution < 1.29 is 14.8 Å². The molecule has 0 spiro atoms. The topological polar surface area (TPSA) is 82.0 Å². The van der Waals surface area contributed by atoms with E-state index < -0.39 is 5.91 Å². The minimum atomic E-state index is -0.608. The Hall–Kier alpha value is -2.41. The van der Waals surface area contributed by atoms with Crippen LogP contribution >= 0.6 is 23.2 Å². The van der Waals surface area contributed by atoms with E-state index >= 15 is 0 Å². The molecule has 2 aromatic rings. The van der Waals surface area contributed by atoms with Crippen LogP contribution in [-0.2, 0) is 0 Å². The van der Waals surface area contributed by atoms with Gasteiger partial charge >= 0.3 is 0 Å². The first-order chi connectivity index (χ1) is 11.4. The molecular weight excluding hydrogens is 353 g/mol. The average molecular weight is 366 g/mol. The van der Waals surface area contributed by atoms with E-state index in [0.717, 1.165) is 5.01 Å². The molecule has 24 heavy (non-hydrogen) atoms. The molecule has 0 unspecified atom stereocenters. The highest BCUT2D eigenvalue weighted by atomic mass is 35.5. The third-order valence-electron chi connectivity index (χ3n) is 3.11. The number of hydrogen-bond acceptors (Lipinski definition) is 4. The first kappa shape index (κ1) is 17.9. The molecular formula is C16H13Cl2N3O3. The predicted molar refractivity (Wildman–Crippen MR) is 91.8 cm³/mol. The Morgan fingerprint density at radius 3 is 2.42 bits per heavy atom. The summed E-state index contributed by atoms with van der Waals surface area (Å²) in [5.74, 6) is -0.993. The maximum atomic E-state index is 12.3. The second-order valence-electron chi connectivity index (χ2n) is 4.76. The molecule has 0 atom stereocenters. The predicted octanol–water partition coefficient (Wildman–Crippen LogP) is 3.22. The van der Waals surface area contributed by atoms with Crippen LogP contribution < -0.4 is 5.48 Å². The molecule has 0 saturated carbocycles. The van der Waals surface area contributed by atoms with Crippen molar-refractivity contribution in [2.75, 3.05) is 7.05 Å². The van der Waals surface area contributed by atoms with Gasteiger partial charge in [0, 0.05) is 17.6 Å². The fraction of sp³-hybridized carbons (Fsp3) is 0.0625. The van der Waals surface area contributed by atoms with Crippen molar-refractivity contribution in [2.45, 2.75) is 0 Å². The first-order valence-electron chi connectivity index (χ1n) is 6.74. The van der Waals surface area contributed by atoms with Gasteiger partial charge in [-0.1, -0.05) is 35.3 Å². The summed E-state index contributed by atoms with van der Waals surface area (Å²) in [6.45, 7) is 0. The van der Waals surface area contributed by atoms with E-state index in [0.29, 0.717) is 16.1 Å². The highest BCUT2D eigenvalue weighted by Gasteiger charge is 2.14. The maximum Gasteiger partial charge on any atom is 0.275 e. The number of hydrazone groups is 1. The molecule has 8 heteroatoms. The first-order valence-corrected chi connectivity index (χ1v) is 7.49. The van der Waals surface area contributed by atoms with Crippen molar-refractivity contribution in [2.24, 2.45) is 5.10 Å². The van der Waals surface area contributed by atoms with E-state index in [2.05, 4.69) is 5.10 Å². The van der Waals surface area contributed by atoms with Crippen LogP contribution in [0.25, 0.3) is 0 Å². The number of carbonyl (C=O) groups excluding carboxylic acids is 2. The van der Waals surface area contributed by atoms with E-state index in [1.807, 2.05) is 0 Å². The van der Waals surface area contributed by atoms with Crippen molar-refractivity contribution in [1.29, 1.82) is 0 Å². The van der Waals surface area contributed by atoms with Gasteiger partial charge < -0.3 is 0 Å². The molecule has 0 heterocycles. The summed E-state index contributed by atoms with van der Waals surface area (Å²) in [6.07, 6.45) is 1.46. The second-order valence-corrected chi connectivity index (χ2v) is 5.60. The number of rotatable bonds is 4. The van der Waals surface area contributed by atoms with E-state index in [1.54, 1.807) is 23.7 Å². The second kappa shape index (κ2) is 7.92. The number of halogens is 2. The van der Waals surface area contributed by atoms with Gasteiger partial charge in [0.2, 0.25) is 0 Å². The lowest BCUT2D eigenvalue weighted by atomic mass is 10.1. The van der Waals surface area contributed by atoms with Gasteiger partial charge in [0.1, 0.15) is 0 Å². The van der Waals surface area contributed by atoms with Crippen molar-refractivity contribution in [3.8, 4) is 0 Å². The molecule has 0 aliphatic rings. The zero-order valence-electron chi connectivity index (χ0n) is 12.5. The van der Waals surface area contributed by atoms with Crippen molar-refractivity contribution in [3.05, 3.63) is 69.2 Å². The summed E-state index contributed by atoms with van der Waals surface area (Å²) in [5.41, 5.74) is 2.80. The fourth-order valence-corrected chi connectivity index (χ4v) is 2.32. The van der Waals surface area contributed by atoms with Crippen molar-refractivity contribution in [1.82, 2.24) is 10.5 Å². The molecule has 0 fully saturated rings. The Labute approximate surface area is 148 Å². The van der Waals surface area contributed by atoms with E-state index in [1.165, 1.54) is 37.5 Å². The molecule has 2 rings (SSSR count). The molecule has 0 aromatic heterocycles. The van der Waals surface area contributed by atoms with Crippen LogP contribution in [0.3, 0.4) is 0 Å². The van der Waals surface area contributed by atoms with E-state index in [-0.39, 0.29) is 16.5 Å². The highest BCUT2D eigenvalue weighted by molar-refractivity contribution is 6.36.